The number of nitrogens with two attached hydrogens (primary N) is 1. The SMILES string of the molecule is CC(C)CCOCCNc1cc2c(cc1N)OCC(=O)N2. The number of nitrogens with one attached hydrogen (secondary N) is 2. The summed E-state index contributed by atoms with van der Waals surface area (Å²) in [5.74, 6) is 1.10. The van der Waals surface area contributed by atoms with Crippen molar-refractivity contribution in [3.05, 3.63) is 12.1 Å². The van der Waals surface area contributed by atoms with Gasteiger partial charge >= 0.3 is 0 Å². The quantitative estimate of drug-likeness (QED) is 0.529. The molecule has 0 fully saturated rings. The molecule has 1 aromatic rings. The molecule has 0 saturated heterocycles. The normalized spacial score (nSPS) is 13.6. The van der Waals surface area contributed by atoms with Gasteiger partial charge in [-0.25, -0.2) is 0 Å². The third-order valence-electron chi connectivity index (χ3n) is 3.19. The zero-order valence-corrected chi connectivity index (χ0v) is 12.6. The number of hydrogen-bond acceptors (Lipinski definition) is 5. The van der Waals surface area contributed by atoms with Crippen molar-refractivity contribution in [2.45, 2.75) is 20.3 Å². The topological polar surface area (TPSA) is 85.6 Å². The predicted molar refractivity (Wildman–Crippen MR) is 83.7 cm³/mol. The smallest absolute Gasteiger partial charge is 0.262 e. The molecule has 116 valence electrons. The summed E-state index contributed by atoms with van der Waals surface area (Å²) in [6, 6.07) is 3.51. The molecule has 0 spiro atoms. The summed E-state index contributed by atoms with van der Waals surface area (Å²) < 4.78 is 10.8. The number of fused-ring (bicyclic) bond motifs is 1. The second-order valence-corrected chi connectivity index (χ2v) is 5.49. The summed E-state index contributed by atoms with van der Waals surface area (Å²) in [6.45, 7) is 6.42. The largest absolute Gasteiger partial charge is 0.482 e. The molecule has 6 heteroatoms. The Morgan fingerprint density at radius 2 is 2.24 bits per heavy atom. The van der Waals surface area contributed by atoms with Crippen LogP contribution in [0.3, 0.4) is 0 Å². The molecule has 0 saturated carbocycles. The molecule has 2 rings (SSSR count). The van der Waals surface area contributed by atoms with Crippen LogP contribution in [0.25, 0.3) is 0 Å². The maximum atomic E-state index is 11.3. The van der Waals surface area contributed by atoms with Gasteiger partial charge in [0.2, 0.25) is 0 Å². The molecule has 0 unspecified atom stereocenters. The van der Waals surface area contributed by atoms with Gasteiger partial charge < -0.3 is 25.8 Å². The molecule has 0 aliphatic carbocycles. The minimum absolute atomic E-state index is 0.0307. The third-order valence-corrected chi connectivity index (χ3v) is 3.19. The van der Waals surface area contributed by atoms with Crippen LogP contribution >= 0.6 is 0 Å². The highest BCUT2D eigenvalue weighted by Gasteiger charge is 2.17. The lowest BCUT2D eigenvalue weighted by atomic mass is 10.1. The Balaban J connectivity index is 1.83. The van der Waals surface area contributed by atoms with E-state index in [-0.39, 0.29) is 12.5 Å². The molecule has 1 amide bonds. The van der Waals surface area contributed by atoms with Crippen LogP contribution in [0.4, 0.5) is 17.1 Å². The standard InChI is InChI=1S/C15H23N3O3/c1-10(2)3-5-20-6-4-17-12-8-13-14(7-11(12)16)21-9-15(19)18-13/h7-8,10,17H,3-6,9,16H2,1-2H3,(H,18,19). The van der Waals surface area contributed by atoms with Gasteiger partial charge in [0.15, 0.2) is 6.61 Å². The van der Waals surface area contributed by atoms with E-state index in [4.69, 9.17) is 15.2 Å². The number of hydrogen-bond donors (Lipinski definition) is 3. The van der Waals surface area contributed by atoms with Crippen molar-refractivity contribution in [2.24, 2.45) is 5.92 Å². The maximum absolute atomic E-state index is 11.3. The summed E-state index contributed by atoms with van der Waals surface area (Å²) in [5, 5.41) is 5.97. The Hall–Kier alpha value is -1.95. The van der Waals surface area contributed by atoms with Gasteiger partial charge in [-0.3, -0.25) is 4.79 Å². The number of anilines is 3. The summed E-state index contributed by atoms with van der Waals surface area (Å²) in [6.07, 6.45) is 1.06. The first-order valence-corrected chi connectivity index (χ1v) is 7.24. The fraction of sp³-hybridized carbons (Fsp3) is 0.533. The van der Waals surface area contributed by atoms with Crippen LogP contribution in [0.15, 0.2) is 12.1 Å². The summed E-state index contributed by atoms with van der Waals surface area (Å²) in [5.41, 5.74) is 7.97. The molecule has 4 N–H and O–H groups in total. The van der Waals surface area contributed by atoms with Crippen LogP contribution in [0.2, 0.25) is 0 Å². The van der Waals surface area contributed by atoms with Crippen molar-refractivity contribution in [2.75, 3.05) is 42.7 Å². The van der Waals surface area contributed by atoms with Gasteiger partial charge in [0.1, 0.15) is 5.75 Å². The zero-order chi connectivity index (χ0) is 15.2. The van der Waals surface area contributed by atoms with Crippen LogP contribution in [0.5, 0.6) is 5.75 Å². The van der Waals surface area contributed by atoms with Crippen molar-refractivity contribution < 1.29 is 14.3 Å². The lowest BCUT2D eigenvalue weighted by Gasteiger charge is -2.20. The number of ether oxygens (including phenoxy) is 2. The number of rotatable bonds is 7. The van der Waals surface area contributed by atoms with Gasteiger partial charge in [0.05, 0.1) is 23.7 Å². The van der Waals surface area contributed by atoms with Crippen molar-refractivity contribution in [1.82, 2.24) is 0 Å². The molecule has 6 nitrogen and oxygen atoms in total. The van der Waals surface area contributed by atoms with Gasteiger partial charge in [-0.1, -0.05) is 13.8 Å². The molecule has 1 aliphatic rings. The predicted octanol–water partition coefficient (Wildman–Crippen LogP) is 2.07. The number of amides is 1. The zero-order valence-electron chi connectivity index (χ0n) is 12.6. The first-order chi connectivity index (χ1) is 10.1. The van der Waals surface area contributed by atoms with Crippen LogP contribution in [-0.4, -0.2) is 32.3 Å². The Bertz CT molecular complexity index is 503. The van der Waals surface area contributed by atoms with E-state index in [9.17, 15) is 4.79 Å². The first-order valence-electron chi connectivity index (χ1n) is 7.24. The van der Waals surface area contributed by atoms with Crippen molar-refractivity contribution in [3.63, 3.8) is 0 Å². The Labute approximate surface area is 125 Å². The van der Waals surface area contributed by atoms with E-state index in [1.165, 1.54) is 0 Å². The third kappa shape index (κ3) is 4.53. The molecule has 0 radical (unpaired) electrons. The number of nitrogen functional groups attached to an aromatic ring is 1. The molecule has 0 atom stereocenters. The fourth-order valence-corrected chi connectivity index (χ4v) is 1.97. The average Bonchev–Trinajstić information content (AvgIpc) is 2.43. The van der Waals surface area contributed by atoms with Gasteiger partial charge in [-0.15, -0.1) is 0 Å². The lowest BCUT2D eigenvalue weighted by Crippen LogP contribution is -2.25. The Kier molecular flexibility index (Phi) is 5.27. The van der Waals surface area contributed by atoms with E-state index in [1.54, 1.807) is 12.1 Å². The first kappa shape index (κ1) is 15.4. The number of carbonyl (C=O) groups is 1. The second kappa shape index (κ2) is 7.17. The summed E-state index contributed by atoms with van der Waals surface area (Å²) in [4.78, 5) is 11.3. The molecule has 21 heavy (non-hydrogen) atoms. The van der Waals surface area contributed by atoms with Crippen LogP contribution in [-0.2, 0) is 9.53 Å². The molecule has 0 bridgehead atoms. The monoisotopic (exact) mass is 293 g/mol. The minimum Gasteiger partial charge on any atom is -0.482 e. The molecule has 0 aromatic heterocycles. The highest BCUT2D eigenvalue weighted by molar-refractivity contribution is 5.97. The molecule has 1 heterocycles. The lowest BCUT2D eigenvalue weighted by molar-refractivity contribution is -0.118. The number of carbonyl (C=O) groups excluding carboxylic acids is 1. The fourth-order valence-electron chi connectivity index (χ4n) is 1.97. The average molecular weight is 293 g/mol. The molecule has 1 aliphatic heterocycles. The van der Waals surface area contributed by atoms with Crippen molar-refractivity contribution in [3.8, 4) is 5.75 Å². The maximum Gasteiger partial charge on any atom is 0.262 e. The van der Waals surface area contributed by atoms with Crippen LogP contribution in [0, 0.1) is 5.92 Å². The van der Waals surface area contributed by atoms with Crippen LogP contribution < -0.4 is 21.1 Å². The Morgan fingerprint density at radius 1 is 1.43 bits per heavy atom. The van der Waals surface area contributed by atoms with Crippen LogP contribution in [0.1, 0.15) is 20.3 Å². The second-order valence-electron chi connectivity index (χ2n) is 5.49. The molecular weight excluding hydrogens is 270 g/mol. The summed E-state index contributed by atoms with van der Waals surface area (Å²) in [7, 11) is 0. The van der Waals surface area contributed by atoms with E-state index >= 15 is 0 Å². The van der Waals surface area contributed by atoms with Gasteiger partial charge in [0.25, 0.3) is 5.91 Å². The van der Waals surface area contributed by atoms with Gasteiger partial charge in [-0.2, -0.15) is 0 Å². The van der Waals surface area contributed by atoms with E-state index in [0.717, 1.165) is 18.7 Å². The minimum atomic E-state index is -0.157. The van der Waals surface area contributed by atoms with Gasteiger partial charge in [-0.05, 0) is 18.4 Å². The molecular formula is C15H23N3O3. The highest BCUT2D eigenvalue weighted by Crippen LogP contribution is 2.34. The van der Waals surface area contributed by atoms with E-state index in [0.29, 0.717) is 36.2 Å². The van der Waals surface area contributed by atoms with Crippen molar-refractivity contribution >= 4 is 23.0 Å². The number of benzene rings is 1. The summed E-state index contributed by atoms with van der Waals surface area (Å²) >= 11 is 0. The van der Waals surface area contributed by atoms with Gasteiger partial charge in [0, 0.05) is 19.2 Å². The van der Waals surface area contributed by atoms with E-state index < -0.39 is 0 Å². The van der Waals surface area contributed by atoms with Crippen molar-refractivity contribution in [1.29, 1.82) is 0 Å². The highest BCUT2D eigenvalue weighted by atomic mass is 16.5. The Morgan fingerprint density at radius 3 is 3.00 bits per heavy atom. The molecule has 1 aromatic carbocycles. The van der Waals surface area contributed by atoms with E-state index in [2.05, 4.69) is 24.5 Å². The van der Waals surface area contributed by atoms with E-state index in [1.807, 2.05) is 0 Å².